The van der Waals surface area contributed by atoms with Crippen molar-refractivity contribution < 1.29 is 27.4 Å². The Morgan fingerprint density at radius 3 is 2.17 bits per heavy atom. The molecule has 0 aromatic heterocycles. The van der Waals surface area contributed by atoms with Crippen LogP contribution in [0.1, 0.15) is 24.1 Å². The van der Waals surface area contributed by atoms with Gasteiger partial charge in [0.05, 0.1) is 39.3 Å². The van der Waals surface area contributed by atoms with Crippen molar-refractivity contribution in [3.8, 4) is 17.2 Å². The van der Waals surface area contributed by atoms with E-state index in [1.54, 1.807) is 38.3 Å². The predicted octanol–water partition coefficient (Wildman–Crippen LogP) is 2.66. The first-order valence-corrected chi connectivity index (χ1v) is 11.1. The second-order valence-corrected chi connectivity index (χ2v) is 8.76. The maximum Gasteiger partial charge on any atom is 0.241 e. The van der Waals surface area contributed by atoms with E-state index in [4.69, 9.17) is 14.2 Å². The van der Waals surface area contributed by atoms with Crippen LogP contribution in [0.2, 0.25) is 0 Å². The van der Waals surface area contributed by atoms with Gasteiger partial charge in [-0.3, -0.25) is 9.10 Å². The molecule has 9 heteroatoms. The van der Waals surface area contributed by atoms with Gasteiger partial charge in [-0.15, -0.1) is 0 Å². The molecule has 2 rings (SSSR count). The second-order valence-electron chi connectivity index (χ2n) is 6.85. The SMILES string of the molecule is COc1ccc([C@@H](C)NC(=O)CN(c2cc(C)ccc2OC)S(C)(=O)=O)cc1OC. The van der Waals surface area contributed by atoms with Gasteiger partial charge >= 0.3 is 0 Å². The third-order valence-corrected chi connectivity index (χ3v) is 5.70. The zero-order valence-corrected chi connectivity index (χ0v) is 18.9. The van der Waals surface area contributed by atoms with Crippen molar-refractivity contribution in [3.05, 3.63) is 47.5 Å². The summed E-state index contributed by atoms with van der Waals surface area (Å²) in [6.07, 6.45) is 1.06. The molecule has 0 heterocycles. The van der Waals surface area contributed by atoms with Gasteiger partial charge in [0.15, 0.2) is 11.5 Å². The molecule has 8 nitrogen and oxygen atoms in total. The third kappa shape index (κ3) is 5.56. The number of sulfonamides is 1. The summed E-state index contributed by atoms with van der Waals surface area (Å²) in [4.78, 5) is 12.7. The van der Waals surface area contributed by atoms with E-state index in [1.807, 2.05) is 19.1 Å². The van der Waals surface area contributed by atoms with Crippen LogP contribution in [0.3, 0.4) is 0 Å². The Morgan fingerprint density at radius 1 is 1.00 bits per heavy atom. The van der Waals surface area contributed by atoms with E-state index in [-0.39, 0.29) is 12.6 Å². The van der Waals surface area contributed by atoms with Crippen LogP contribution in [0.5, 0.6) is 17.2 Å². The number of carbonyl (C=O) groups excluding carboxylic acids is 1. The zero-order valence-electron chi connectivity index (χ0n) is 18.1. The maximum atomic E-state index is 12.7. The zero-order chi connectivity index (χ0) is 22.5. The number of methoxy groups -OCH3 is 3. The molecule has 0 aliphatic heterocycles. The van der Waals surface area contributed by atoms with Gasteiger partial charge in [-0.1, -0.05) is 12.1 Å². The maximum absolute atomic E-state index is 12.7. The summed E-state index contributed by atoms with van der Waals surface area (Å²) in [5.41, 5.74) is 1.95. The number of hydrogen-bond donors (Lipinski definition) is 1. The highest BCUT2D eigenvalue weighted by molar-refractivity contribution is 7.92. The molecule has 2 aromatic carbocycles. The highest BCUT2D eigenvalue weighted by Gasteiger charge is 2.25. The van der Waals surface area contributed by atoms with E-state index in [0.717, 1.165) is 21.7 Å². The first-order valence-electron chi connectivity index (χ1n) is 9.24. The van der Waals surface area contributed by atoms with E-state index in [0.29, 0.717) is 22.9 Å². The molecule has 2 aromatic rings. The molecule has 0 saturated heterocycles. The van der Waals surface area contributed by atoms with E-state index >= 15 is 0 Å². The number of amides is 1. The molecule has 0 radical (unpaired) electrons. The Labute approximate surface area is 177 Å². The van der Waals surface area contributed by atoms with E-state index < -0.39 is 15.9 Å². The fourth-order valence-corrected chi connectivity index (χ4v) is 3.85. The van der Waals surface area contributed by atoms with Crippen molar-refractivity contribution in [2.75, 3.05) is 38.4 Å². The minimum Gasteiger partial charge on any atom is -0.495 e. The molecule has 0 bridgehead atoms. The summed E-state index contributed by atoms with van der Waals surface area (Å²) >= 11 is 0. The van der Waals surface area contributed by atoms with Crippen LogP contribution in [0.15, 0.2) is 36.4 Å². The molecule has 1 N–H and O–H groups in total. The lowest BCUT2D eigenvalue weighted by Crippen LogP contribution is -2.41. The number of nitrogens with zero attached hydrogens (tertiary/aromatic N) is 1. The average Bonchev–Trinajstić information content (AvgIpc) is 2.70. The van der Waals surface area contributed by atoms with Crippen molar-refractivity contribution in [2.24, 2.45) is 0 Å². The lowest BCUT2D eigenvalue weighted by molar-refractivity contribution is -0.120. The number of aryl methyl sites for hydroxylation is 1. The van der Waals surface area contributed by atoms with Crippen LogP contribution in [-0.2, 0) is 14.8 Å². The fraction of sp³-hybridized carbons (Fsp3) is 0.381. The summed E-state index contributed by atoms with van der Waals surface area (Å²) in [7, 11) is 0.801. The lowest BCUT2D eigenvalue weighted by Gasteiger charge is -2.25. The minimum absolute atomic E-state index is 0.314. The Bertz CT molecular complexity index is 1010. The molecular weight excluding hydrogens is 408 g/mol. The largest absolute Gasteiger partial charge is 0.495 e. The Kier molecular flexibility index (Phi) is 7.55. The molecule has 0 saturated carbocycles. The van der Waals surface area contributed by atoms with Crippen molar-refractivity contribution in [3.63, 3.8) is 0 Å². The van der Waals surface area contributed by atoms with Gasteiger partial charge in [-0.2, -0.15) is 0 Å². The molecule has 0 unspecified atom stereocenters. The Balaban J connectivity index is 2.24. The number of carbonyl (C=O) groups is 1. The van der Waals surface area contributed by atoms with Gasteiger partial charge in [0.1, 0.15) is 12.3 Å². The molecule has 1 atom stereocenters. The molecular formula is C21H28N2O6S. The molecule has 0 aliphatic carbocycles. The predicted molar refractivity (Wildman–Crippen MR) is 116 cm³/mol. The lowest BCUT2D eigenvalue weighted by atomic mass is 10.1. The molecule has 1 amide bonds. The number of benzene rings is 2. The van der Waals surface area contributed by atoms with Crippen LogP contribution < -0.4 is 23.8 Å². The molecule has 0 aliphatic rings. The smallest absolute Gasteiger partial charge is 0.241 e. The first-order chi connectivity index (χ1) is 14.1. The highest BCUT2D eigenvalue weighted by Crippen LogP contribution is 2.32. The molecule has 0 spiro atoms. The van der Waals surface area contributed by atoms with Crippen LogP contribution in [0.25, 0.3) is 0 Å². The van der Waals surface area contributed by atoms with Crippen molar-refractivity contribution in [2.45, 2.75) is 19.9 Å². The summed E-state index contributed by atoms with van der Waals surface area (Å²) in [6, 6.07) is 10.1. The normalized spacial score (nSPS) is 12.1. The van der Waals surface area contributed by atoms with Gasteiger partial charge in [0, 0.05) is 0 Å². The topological polar surface area (TPSA) is 94.2 Å². The van der Waals surface area contributed by atoms with Crippen molar-refractivity contribution in [1.82, 2.24) is 5.32 Å². The number of rotatable bonds is 9. The highest BCUT2D eigenvalue weighted by atomic mass is 32.2. The van der Waals surface area contributed by atoms with Crippen LogP contribution in [0.4, 0.5) is 5.69 Å². The van der Waals surface area contributed by atoms with Gasteiger partial charge in [0.25, 0.3) is 0 Å². The van der Waals surface area contributed by atoms with Crippen molar-refractivity contribution in [1.29, 1.82) is 0 Å². The van der Waals surface area contributed by atoms with Crippen LogP contribution in [0, 0.1) is 6.92 Å². The monoisotopic (exact) mass is 436 g/mol. The summed E-state index contributed by atoms with van der Waals surface area (Å²) in [5, 5.41) is 2.83. The van der Waals surface area contributed by atoms with Gasteiger partial charge in [-0.05, 0) is 49.2 Å². The Hall–Kier alpha value is -2.94. The quantitative estimate of drug-likeness (QED) is 0.650. The molecule has 0 fully saturated rings. The fourth-order valence-electron chi connectivity index (χ4n) is 3.00. The summed E-state index contributed by atoms with van der Waals surface area (Å²) < 4.78 is 41.7. The minimum atomic E-state index is -3.73. The number of hydrogen-bond acceptors (Lipinski definition) is 6. The van der Waals surface area contributed by atoms with E-state index in [2.05, 4.69) is 5.32 Å². The standard InChI is InChI=1S/C21H28N2O6S/c1-14-7-9-18(27-3)17(11-14)23(30(6,25)26)13-21(24)22-15(2)16-8-10-19(28-4)20(12-16)29-5/h7-12,15H,13H2,1-6H3,(H,22,24)/t15-/m1/s1. The second kappa shape index (κ2) is 9.71. The van der Waals surface area contributed by atoms with Gasteiger partial charge in [-0.25, -0.2) is 8.42 Å². The molecule has 30 heavy (non-hydrogen) atoms. The van der Waals surface area contributed by atoms with E-state index in [1.165, 1.54) is 14.2 Å². The van der Waals surface area contributed by atoms with Crippen LogP contribution >= 0.6 is 0 Å². The number of anilines is 1. The van der Waals surface area contributed by atoms with E-state index in [9.17, 15) is 13.2 Å². The summed E-state index contributed by atoms with van der Waals surface area (Å²) in [6.45, 7) is 3.26. The van der Waals surface area contributed by atoms with Gasteiger partial charge < -0.3 is 19.5 Å². The number of nitrogens with one attached hydrogen (secondary N) is 1. The number of ether oxygens (including phenoxy) is 3. The van der Waals surface area contributed by atoms with Crippen LogP contribution in [-0.4, -0.2) is 48.5 Å². The molecule has 164 valence electrons. The average molecular weight is 437 g/mol. The first kappa shape index (κ1) is 23.3. The van der Waals surface area contributed by atoms with Crippen molar-refractivity contribution >= 4 is 21.6 Å². The Morgan fingerprint density at radius 2 is 1.60 bits per heavy atom. The summed E-state index contributed by atoms with van der Waals surface area (Å²) in [5.74, 6) is 1.03. The van der Waals surface area contributed by atoms with Gasteiger partial charge in [0.2, 0.25) is 15.9 Å². The third-order valence-electron chi connectivity index (χ3n) is 4.58.